The van der Waals surface area contributed by atoms with Gasteiger partial charge in [-0.15, -0.1) is 0 Å². The summed E-state index contributed by atoms with van der Waals surface area (Å²) < 4.78 is 16.0. The van der Waals surface area contributed by atoms with Crippen LogP contribution in [0.5, 0.6) is 11.5 Å². The van der Waals surface area contributed by atoms with E-state index in [-0.39, 0.29) is 24.7 Å². The Labute approximate surface area is 166 Å². The zero-order chi connectivity index (χ0) is 21.6. The number of Topliss-reactive ketones (excluding diaryl/α,β-unsaturated/α-hetero) is 1. The van der Waals surface area contributed by atoms with Gasteiger partial charge in [-0.2, -0.15) is 0 Å². The number of nitro groups is 2. The largest absolute Gasteiger partial charge is 0.490 e. The van der Waals surface area contributed by atoms with Gasteiger partial charge < -0.3 is 14.2 Å². The number of rotatable bonds is 10. The van der Waals surface area contributed by atoms with E-state index in [2.05, 4.69) is 0 Å². The zero-order valence-corrected chi connectivity index (χ0v) is 16.1. The van der Waals surface area contributed by atoms with Crippen LogP contribution in [0.2, 0.25) is 0 Å². The van der Waals surface area contributed by atoms with E-state index in [9.17, 15) is 25.0 Å². The Morgan fingerprint density at radius 2 is 1.59 bits per heavy atom. The van der Waals surface area contributed by atoms with E-state index in [0.29, 0.717) is 11.3 Å². The second kappa shape index (κ2) is 9.11. The Balaban J connectivity index is 1.93. The van der Waals surface area contributed by atoms with E-state index in [0.717, 1.165) is 12.1 Å². The van der Waals surface area contributed by atoms with Crippen molar-refractivity contribution in [1.29, 1.82) is 0 Å². The Bertz CT molecular complexity index is 909. The maximum atomic E-state index is 12.3. The molecule has 0 N–H and O–H groups in total. The molecule has 0 heterocycles. The van der Waals surface area contributed by atoms with Gasteiger partial charge in [-0.25, -0.2) is 0 Å². The lowest BCUT2D eigenvalue weighted by Crippen LogP contribution is -2.33. The zero-order valence-electron chi connectivity index (χ0n) is 16.1. The first kappa shape index (κ1) is 21.8. The second-order valence-corrected chi connectivity index (χ2v) is 6.43. The molecule has 0 aliphatic rings. The van der Waals surface area contributed by atoms with Crippen LogP contribution in [0.15, 0.2) is 42.5 Å². The lowest BCUT2D eigenvalue weighted by Gasteiger charge is -2.21. The van der Waals surface area contributed by atoms with E-state index < -0.39 is 26.8 Å². The molecule has 2 aromatic rings. The van der Waals surface area contributed by atoms with Gasteiger partial charge in [-0.05, 0) is 44.2 Å². The fraction of sp³-hybridized carbons (Fsp3) is 0.316. The van der Waals surface area contributed by atoms with Crippen LogP contribution in [0, 0.1) is 20.2 Å². The van der Waals surface area contributed by atoms with Crippen molar-refractivity contribution in [2.24, 2.45) is 0 Å². The molecule has 0 unspecified atom stereocenters. The second-order valence-electron chi connectivity index (χ2n) is 6.43. The van der Waals surface area contributed by atoms with Crippen LogP contribution in [0.25, 0.3) is 0 Å². The molecule has 29 heavy (non-hydrogen) atoms. The van der Waals surface area contributed by atoms with Crippen LogP contribution < -0.4 is 9.47 Å². The molecule has 0 bridgehead atoms. The molecule has 2 rings (SSSR count). The van der Waals surface area contributed by atoms with Crippen LogP contribution in [-0.4, -0.2) is 41.6 Å². The SMILES string of the molecule is COC(C)(C)C(=O)c1ccc(OCCOc2ccc([N+](=O)[O-])cc2[N+](=O)[O-])cc1. The van der Waals surface area contributed by atoms with Crippen molar-refractivity contribution in [3.63, 3.8) is 0 Å². The van der Waals surface area contributed by atoms with E-state index in [1.165, 1.54) is 13.2 Å². The first-order valence-corrected chi connectivity index (χ1v) is 8.54. The molecule has 10 nitrogen and oxygen atoms in total. The molecule has 0 amide bonds. The lowest BCUT2D eigenvalue weighted by molar-refractivity contribution is -0.394. The quantitative estimate of drug-likeness (QED) is 0.254. The van der Waals surface area contributed by atoms with Crippen molar-refractivity contribution in [1.82, 2.24) is 0 Å². The molecular weight excluding hydrogens is 384 g/mol. The average Bonchev–Trinajstić information content (AvgIpc) is 2.70. The minimum atomic E-state index is -0.935. The van der Waals surface area contributed by atoms with Gasteiger partial charge in [0.1, 0.15) is 24.6 Å². The standard InChI is InChI=1S/C19H20N2O8/c1-19(2,27-3)18(22)13-4-7-15(8-5-13)28-10-11-29-17-9-6-14(20(23)24)12-16(17)21(25)26/h4-9,12H,10-11H2,1-3H3. The van der Waals surface area contributed by atoms with E-state index in [1.807, 2.05) is 0 Å². The van der Waals surface area contributed by atoms with Gasteiger partial charge >= 0.3 is 5.69 Å². The third kappa shape index (κ3) is 5.48. The van der Waals surface area contributed by atoms with Crippen molar-refractivity contribution < 1.29 is 28.9 Å². The van der Waals surface area contributed by atoms with Crippen molar-refractivity contribution >= 4 is 17.2 Å². The Hall–Kier alpha value is -3.53. The minimum absolute atomic E-state index is 0.0178. The molecule has 0 atom stereocenters. The number of non-ortho nitro benzene ring substituents is 1. The van der Waals surface area contributed by atoms with Gasteiger partial charge in [0.05, 0.1) is 15.9 Å². The number of hydrogen-bond donors (Lipinski definition) is 0. The minimum Gasteiger partial charge on any atom is -0.490 e. The molecule has 0 saturated heterocycles. The van der Waals surface area contributed by atoms with Crippen molar-refractivity contribution in [2.75, 3.05) is 20.3 Å². The van der Waals surface area contributed by atoms with Gasteiger partial charge in [-0.1, -0.05) is 0 Å². The van der Waals surface area contributed by atoms with Gasteiger partial charge in [0.2, 0.25) is 0 Å². The van der Waals surface area contributed by atoms with Crippen molar-refractivity contribution in [2.45, 2.75) is 19.4 Å². The highest BCUT2D eigenvalue weighted by Crippen LogP contribution is 2.31. The number of hydrogen-bond acceptors (Lipinski definition) is 8. The van der Waals surface area contributed by atoms with E-state index in [4.69, 9.17) is 14.2 Å². The van der Waals surface area contributed by atoms with E-state index in [1.54, 1.807) is 38.1 Å². The van der Waals surface area contributed by atoms with Crippen molar-refractivity contribution in [3.05, 3.63) is 68.3 Å². The Morgan fingerprint density at radius 3 is 2.14 bits per heavy atom. The van der Waals surface area contributed by atoms with Crippen LogP contribution in [0.3, 0.4) is 0 Å². The molecule has 0 spiro atoms. The van der Waals surface area contributed by atoms with E-state index >= 15 is 0 Å². The third-order valence-corrected chi connectivity index (χ3v) is 4.13. The predicted octanol–water partition coefficient (Wildman–Crippen LogP) is 3.57. The van der Waals surface area contributed by atoms with Crippen LogP contribution in [-0.2, 0) is 4.74 Å². The highest BCUT2D eigenvalue weighted by atomic mass is 16.6. The summed E-state index contributed by atoms with van der Waals surface area (Å²) in [6.45, 7) is 3.41. The molecule has 0 fully saturated rings. The van der Waals surface area contributed by atoms with Gasteiger partial charge in [-0.3, -0.25) is 25.0 Å². The number of carbonyl (C=O) groups excluding carboxylic acids is 1. The maximum Gasteiger partial charge on any atom is 0.317 e. The number of nitro benzene ring substituents is 2. The molecular formula is C19H20N2O8. The number of ketones is 1. The smallest absolute Gasteiger partial charge is 0.317 e. The summed E-state index contributed by atoms with van der Waals surface area (Å²) in [6, 6.07) is 9.60. The average molecular weight is 404 g/mol. The normalized spacial score (nSPS) is 11.0. The van der Waals surface area contributed by atoms with Crippen LogP contribution >= 0.6 is 0 Å². The molecule has 0 aliphatic heterocycles. The topological polar surface area (TPSA) is 131 Å². The molecule has 2 aromatic carbocycles. The van der Waals surface area contributed by atoms with Gasteiger partial charge in [0, 0.05) is 18.7 Å². The fourth-order valence-electron chi connectivity index (χ4n) is 2.34. The molecule has 10 heteroatoms. The highest BCUT2D eigenvalue weighted by Gasteiger charge is 2.28. The number of benzene rings is 2. The molecule has 0 saturated carbocycles. The summed E-state index contributed by atoms with van der Waals surface area (Å²) in [5.74, 6) is 0.228. The van der Waals surface area contributed by atoms with Gasteiger partial charge in [0.25, 0.3) is 5.69 Å². The Kier molecular flexibility index (Phi) is 6.84. The predicted molar refractivity (Wildman–Crippen MR) is 103 cm³/mol. The Morgan fingerprint density at radius 1 is 0.966 bits per heavy atom. The molecule has 154 valence electrons. The summed E-state index contributed by atoms with van der Waals surface area (Å²) in [4.78, 5) is 32.6. The maximum absolute atomic E-state index is 12.3. The van der Waals surface area contributed by atoms with Crippen molar-refractivity contribution in [3.8, 4) is 11.5 Å². The first-order chi connectivity index (χ1) is 13.7. The highest BCUT2D eigenvalue weighted by molar-refractivity contribution is 6.02. The molecule has 0 aromatic heterocycles. The number of carbonyl (C=O) groups is 1. The molecule has 0 aliphatic carbocycles. The number of nitrogens with zero attached hydrogens (tertiary/aromatic N) is 2. The monoisotopic (exact) mass is 404 g/mol. The summed E-state index contributed by atoms with van der Waals surface area (Å²) in [5.41, 5.74) is -1.35. The third-order valence-electron chi connectivity index (χ3n) is 4.13. The van der Waals surface area contributed by atoms with Gasteiger partial charge in [0.15, 0.2) is 11.5 Å². The van der Waals surface area contributed by atoms with Crippen LogP contribution in [0.4, 0.5) is 11.4 Å². The summed E-state index contributed by atoms with van der Waals surface area (Å²) in [6.07, 6.45) is 0. The summed E-state index contributed by atoms with van der Waals surface area (Å²) in [7, 11) is 1.46. The number of methoxy groups -OCH3 is 1. The van der Waals surface area contributed by atoms with Crippen LogP contribution in [0.1, 0.15) is 24.2 Å². The molecule has 0 radical (unpaired) electrons. The number of ether oxygens (including phenoxy) is 3. The summed E-state index contributed by atoms with van der Waals surface area (Å²) >= 11 is 0. The lowest BCUT2D eigenvalue weighted by atomic mass is 9.96. The summed E-state index contributed by atoms with van der Waals surface area (Å²) in [5, 5.41) is 21.8. The fourth-order valence-corrected chi connectivity index (χ4v) is 2.34. The first-order valence-electron chi connectivity index (χ1n) is 8.54.